The van der Waals surface area contributed by atoms with E-state index < -0.39 is 0 Å². The first-order chi connectivity index (χ1) is 11.9. The third-order valence-electron chi connectivity index (χ3n) is 7.66. The van der Waals surface area contributed by atoms with Gasteiger partial charge in [-0.05, 0) is 84.5 Å². The summed E-state index contributed by atoms with van der Waals surface area (Å²) in [6.07, 6.45) is 6.09. The Bertz CT molecular complexity index is 682. The van der Waals surface area contributed by atoms with Crippen LogP contribution >= 0.6 is 0 Å². The van der Waals surface area contributed by atoms with E-state index in [1.54, 1.807) is 6.07 Å². The van der Waals surface area contributed by atoms with E-state index in [0.717, 1.165) is 32.1 Å². The molecule has 0 radical (unpaired) electrons. The first-order valence-corrected chi connectivity index (χ1v) is 9.95. The fraction of sp³-hybridized carbons (Fsp3) is 0.682. The highest BCUT2D eigenvalue weighted by Crippen LogP contribution is 2.63. The zero-order valence-corrected chi connectivity index (χ0v) is 15.4. The molecule has 0 saturated heterocycles. The molecule has 136 valence electrons. The maximum Gasteiger partial charge on any atom is 0.132 e. The number of Topliss-reactive ketones (excluding diaryl/α,β-unsaturated/α-hetero) is 1. The molecule has 0 spiro atoms. The van der Waals surface area contributed by atoms with Gasteiger partial charge in [-0.2, -0.15) is 0 Å². The molecular formula is C22H30O3. The van der Waals surface area contributed by atoms with E-state index in [2.05, 4.69) is 13.0 Å². The van der Waals surface area contributed by atoms with Crippen LogP contribution in [0.4, 0.5) is 0 Å². The number of phenols is 1. The lowest BCUT2D eigenvalue weighted by atomic mass is 9.51. The lowest BCUT2D eigenvalue weighted by Crippen LogP contribution is -2.48. The van der Waals surface area contributed by atoms with Crippen molar-refractivity contribution >= 4 is 5.78 Å². The molecule has 2 N–H and O–H groups in total. The van der Waals surface area contributed by atoms with Crippen LogP contribution in [0.15, 0.2) is 18.2 Å². The maximum atomic E-state index is 12.3. The summed E-state index contributed by atoms with van der Waals surface area (Å²) in [5, 5.41) is 20.6. The smallest absolute Gasteiger partial charge is 0.132 e. The van der Waals surface area contributed by atoms with Crippen molar-refractivity contribution in [1.29, 1.82) is 0 Å². The second-order valence-corrected chi connectivity index (χ2v) is 8.88. The topological polar surface area (TPSA) is 57.5 Å². The Kier molecular flexibility index (Phi) is 4.18. The molecule has 2 saturated carbocycles. The van der Waals surface area contributed by atoms with E-state index in [1.165, 1.54) is 11.1 Å². The van der Waals surface area contributed by atoms with Gasteiger partial charge in [-0.15, -0.1) is 0 Å². The minimum atomic E-state index is -0.223. The Morgan fingerprint density at radius 2 is 2.08 bits per heavy atom. The summed E-state index contributed by atoms with van der Waals surface area (Å²) in [5.41, 5.74) is 2.58. The van der Waals surface area contributed by atoms with Crippen molar-refractivity contribution in [2.75, 3.05) is 0 Å². The van der Waals surface area contributed by atoms with Gasteiger partial charge < -0.3 is 10.2 Å². The van der Waals surface area contributed by atoms with E-state index >= 15 is 0 Å². The van der Waals surface area contributed by atoms with Crippen molar-refractivity contribution in [3.8, 4) is 5.75 Å². The summed E-state index contributed by atoms with van der Waals surface area (Å²) in [6, 6.07) is 5.82. The Hall–Kier alpha value is -1.35. The lowest BCUT2D eigenvalue weighted by Gasteiger charge is -2.53. The van der Waals surface area contributed by atoms with Gasteiger partial charge in [0.2, 0.25) is 0 Å². The molecule has 1 aromatic rings. The van der Waals surface area contributed by atoms with Crippen LogP contribution in [0.1, 0.15) is 69.4 Å². The fourth-order valence-electron chi connectivity index (χ4n) is 6.48. The molecule has 1 aromatic carbocycles. The number of carbonyl (C=O) groups excluding carboxylic acids is 1. The number of aromatic hydroxyl groups is 1. The normalized spacial score (nSPS) is 39.4. The number of carbonyl (C=O) groups is 1. The number of hydrogen-bond acceptors (Lipinski definition) is 3. The average Bonchev–Trinajstić information content (AvgIpc) is 2.89. The van der Waals surface area contributed by atoms with Crippen molar-refractivity contribution in [2.24, 2.45) is 23.2 Å². The van der Waals surface area contributed by atoms with E-state index in [1.807, 2.05) is 13.0 Å². The summed E-state index contributed by atoms with van der Waals surface area (Å²) in [7, 11) is 0. The molecule has 0 amide bonds. The quantitative estimate of drug-likeness (QED) is 0.865. The molecule has 0 heterocycles. The highest BCUT2D eigenvalue weighted by molar-refractivity contribution is 5.78. The number of ketones is 1. The van der Waals surface area contributed by atoms with E-state index in [4.69, 9.17) is 0 Å². The molecule has 3 nitrogen and oxygen atoms in total. The fourth-order valence-corrected chi connectivity index (χ4v) is 6.48. The summed E-state index contributed by atoms with van der Waals surface area (Å²) < 4.78 is 0. The zero-order valence-electron chi connectivity index (χ0n) is 15.4. The number of hydrogen-bond donors (Lipinski definition) is 2. The molecule has 3 heteroatoms. The van der Waals surface area contributed by atoms with Crippen LogP contribution in [-0.2, 0) is 11.2 Å². The summed E-state index contributed by atoms with van der Waals surface area (Å²) >= 11 is 0. The number of aryl methyl sites for hydroxylation is 1. The van der Waals surface area contributed by atoms with E-state index in [0.29, 0.717) is 48.0 Å². The van der Waals surface area contributed by atoms with Gasteiger partial charge in [0, 0.05) is 12.8 Å². The first kappa shape index (κ1) is 17.1. The van der Waals surface area contributed by atoms with Crippen molar-refractivity contribution in [3.05, 3.63) is 29.3 Å². The van der Waals surface area contributed by atoms with Gasteiger partial charge in [-0.1, -0.05) is 19.9 Å². The summed E-state index contributed by atoms with van der Waals surface area (Å²) in [6.45, 7) is 4.21. The van der Waals surface area contributed by atoms with E-state index in [-0.39, 0.29) is 11.5 Å². The molecule has 3 aliphatic rings. The SMILES string of the molecule is CCC(=O)C[C@H]1CC2(C)C(O)CCC2C2CCc3cc(O)ccc3C21. The first-order valence-electron chi connectivity index (χ1n) is 9.95. The molecular weight excluding hydrogens is 312 g/mol. The predicted molar refractivity (Wildman–Crippen MR) is 97.5 cm³/mol. The zero-order chi connectivity index (χ0) is 17.8. The van der Waals surface area contributed by atoms with Crippen molar-refractivity contribution in [3.63, 3.8) is 0 Å². The largest absolute Gasteiger partial charge is 0.508 e. The van der Waals surface area contributed by atoms with Gasteiger partial charge in [0.25, 0.3) is 0 Å². The monoisotopic (exact) mass is 342 g/mol. The molecule has 2 fully saturated rings. The van der Waals surface area contributed by atoms with Crippen LogP contribution in [0, 0.1) is 23.2 Å². The molecule has 25 heavy (non-hydrogen) atoms. The van der Waals surface area contributed by atoms with Crippen molar-refractivity contribution in [1.82, 2.24) is 0 Å². The Balaban J connectivity index is 1.76. The number of phenolic OH excluding ortho intramolecular Hbond substituents is 1. The minimum absolute atomic E-state index is 0.0335. The van der Waals surface area contributed by atoms with Crippen LogP contribution in [0.2, 0.25) is 0 Å². The summed E-state index contributed by atoms with van der Waals surface area (Å²) in [5.74, 6) is 2.52. The van der Waals surface area contributed by atoms with E-state index in [9.17, 15) is 15.0 Å². The molecule has 5 unspecified atom stereocenters. The number of aliphatic hydroxyl groups excluding tert-OH is 1. The summed E-state index contributed by atoms with van der Waals surface area (Å²) in [4.78, 5) is 12.3. The molecule has 0 aliphatic heterocycles. The van der Waals surface area contributed by atoms with Gasteiger partial charge >= 0.3 is 0 Å². The minimum Gasteiger partial charge on any atom is -0.508 e. The Morgan fingerprint density at radius 1 is 1.28 bits per heavy atom. The Morgan fingerprint density at radius 3 is 2.84 bits per heavy atom. The highest BCUT2D eigenvalue weighted by atomic mass is 16.3. The molecule has 3 aliphatic carbocycles. The van der Waals surface area contributed by atoms with Crippen molar-refractivity contribution in [2.45, 2.75) is 70.8 Å². The molecule has 0 bridgehead atoms. The second-order valence-electron chi connectivity index (χ2n) is 8.88. The van der Waals surface area contributed by atoms with Crippen LogP contribution in [0.3, 0.4) is 0 Å². The van der Waals surface area contributed by atoms with Gasteiger partial charge in [0.1, 0.15) is 11.5 Å². The van der Waals surface area contributed by atoms with Gasteiger partial charge in [-0.3, -0.25) is 4.79 Å². The van der Waals surface area contributed by atoms with Crippen molar-refractivity contribution < 1.29 is 15.0 Å². The molecule has 4 rings (SSSR count). The third-order valence-corrected chi connectivity index (χ3v) is 7.66. The van der Waals surface area contributed by atoms with Crippen LogP contribution in [0.5, 0.6) is 5.75 Å². The van der Waals surface area contributed by atoms with Gasteiger partial charge in [0.05, 0.1) is 6.10 Å². The van der Waals surface area contributed by atoms with Crippen LogP contribution in [-0.4, -0.2) is 22.1 Å². The maximum absolute atomic E-state index is 12.3. The standard InChI is InChI=1S/C22H30O3/c1-3-15(23)11-14-12-22(2)19(8-9-20(22)25)18-6-4-13-10-16(24)5-7-17(13)21(14)18/h5,7,10,14,18-21,24-25H,3-4,6,8-9,11-12H2,1-2H3/t14-,18?,19?,20?,21?,22?/m0/s1. The number of rotatable bonds is 3. The lowest BCUT2D eigenvalue weighted by molar-refractivity contribution is -0.122. The third kappa shape index (κ3) is 2.63. The number of fused-ring (bicyclic) bond motifs is 5. The van der Waals surface area contributed by atoms with Gasteiger partial charge in [-0.25, -0.2) is 0 Å². The molecule has 6 atom stereocenters. The predicted octanol–water partition coefficient (Wildman–Crippen LogP) is 4.20. The highest BCUT2D eigenvalue weighted by Gasteiger charge is 2.57. The van der Waals surface area contributed by atoms with Gasteiger partial charge in [0.15, 0.2) is 0 Å². The number of aliphatic hydroxyl groups is 1. The second kappa shape index (κ2) is 6.12. The van der Waals surface area contributed by atoms with Crippen LogP contribution in [0.25, 0.3) is 0 Å². The van der Waals surface area contributed by atoms with Crippen LogP contribution < -0.4 is 0 Å². The number of benzene rings is 1. The Labute approximate surface area is 150 Å². The molecule has 0 aromatic heterocycles. The average molecular weight is 342 g/mol.